The van der Waals surface area contributed by atoms with E-state index in [4.69, 9.17) is 11.6 Å². The van der Waals surface area contributed by atoms with Crippen LogP contribution in [0.15, 0.2) is 24.3 Å². The van der Waals surface area contributed by atoms with Crippen LogP contribution in [-0.4, -0.2) is 18.0 Å². The molecule has 0 aromatic heterocycles. The van der Waals surface area contributed by atoms with Crippen LogP contribution in [0.4, 0.5) is 0 Å². The number of nitrogens with zero attached hydrogens (tertiary/aromatic N) is 1. The van der Waals surface area contributed by atoms with E-state index in [-0.39, 0.29) is 12.4 Å². The molecular weight excluding hydrogens is 229 g/mol. The standard InChI is InChI=1S/C12H16ClN.ClH/c13-12-6-4-11(5-7-12)10-14-8-2-1-3-9-14;/h4-7H,1-3,8-10H2;1H. The minimum absolute atomic E-state index is 0. The maximum Gasteiger partial charge on any atom is 0.0406 e. The third-order valence-electron chi connectivity index (χ3n) is 2.77. The molecular formula is C12H17Cl2N. The Morgan fingerprint density at radius 3 is 2.20 bits per heavy atom. The first kappa shape index (κ1) is 12.8. The average molecular weight is 246 g/mol. The molecule has 0 saturated carbocycles. The molecule has 1 heterocycles. The van der Waals surface area contributed by atoms with Gasteiger partial charge in [-0.05, 0) is 43.6 Å². The molecule has 1 aliphatic heterocycles. The van der Waals surface area contributed by atoms with Crippen LogP contribution in [0.3, 0.4) is 0 Å². The summed E-state index contributed by atoms with van der Waals surface area (Å²) in [6.07, 6.45) is 4.11. The van der Waals surface area contributed by atoms with E-state index in [1.165, 1.54) is 37.9 Å². The van der Waals surface area contributed by atoms with Crippen LogP contribution in [0.5, 0.6) is 0 Å². The number of hydrogen-bond donors (Lipinski definition) is 0. The summed E-state index contributed by atoms with van der Waals surface area (Å²) in [4.78, 5) is 2.52. The predicted octanol–water partition coefficient (Wildman–Crippen LogP) is 3.75. The molecule has 84 valence electrons. The molecule has 1 aromatic rings. The first-order valence-corrected chi connectivity index (χ1v) is 5.69. The number of piperidine rings is 1. The second-order valence-electron chi connectivity index (χ2n) is 3.96. The Bertz CT molecular complexity index is 278. The molecule has 3 heteroatoms. The van der Waals surface area contributed by atoms with Gasteiger partial charge in [0.25, 0.3) is 0 Å². The molecule has 2 rings (SSSR count). The van der Waals surface area contributed by atoms with Gasteiger partial charge in [0.15, 0.2) is 0 Å². The van der Waals surface area contributed by atoms with Crippen LogP contribution < -0.4 is 0 Å². The lowest BCUT2D eigenvalue weighted by Crippen LogP contribution is -2.28. The van der Waals surface area contributed by atoms with Gasteiger partial charge in [-0.1, -0.05) is 30.2 Å². The van der Waals surface area contributed by atoms with Crippen LogP contribution in [0, 0.1) is 0 Å². The molecule has 0 atom stereocenters. The fourth-order valence-electron chi connectivity index (χ4n) is 1.97. The fourth-order valence-corrected chi connectivity index (χ4v) is 2.09. The van der Waals surface area contributed by atoms with E-state index in [1.54, 1.807) is 0 Å². The highest BCUT2D eigenvalue weighted by molar-refractivity contribution is 6.30. The summed E-state index contributed by atoms with van der Waals surface area (Å²) in [7, 11) is 0. The van der Waals surface area contributed by atoms with Gasteiger partial charge in [0, 0.05) is 11.6 Å². The van der Waals surface area contributed by atoms with Crippen molar-refractivity contribution < 1.29 is 0 Å². The Hall–Kier alpha value is -0.240. The second-order valence-corrected chi connectivity index (χ2v) is 4.40. The van der Waals surface area contributed by atoms with E-state index in [0.29, 0.717) is 0 Å². The van der Waals surface area contributed by atoms with Crippen molar-refractivity contribution in [3.05, 3.63) is 34.9 Å². The smallest absolute Gasteiger partial charge is 0.0406 e. The molecule has 1 aromatic carbocycles. The number of likely N-dealkylation sites (tertiary alicyclic amines) is 1. The average Bonchev–Trinajstić information content (AvgIpc) is 2.23. The molecule has 1 saturated heterocycles. The third-order valence-corrected chi connectivity index (χ3v) is 3.02. The number of hydrogen-bond acceptors (Lipinski definition) is 1. The van der Waals surface area contributed by atoms with Gasteiger partial charge in [-0.3, -0.25) is 4.90 Å². The van der Waals surface area contributed by atoms with Crippen molar-refractivity contribution in [1.29, 1.82) is 0 Å². The van der Waals surface area contributed by atoms with Crippen LogP contribution in [0.2, 0.25) is 5.02 Å². The minimum atomic E-state index is 0. The SMILES string of the molecule is Cl.Clc1ccc(CN2CCCCC2)cc1. The highest BCUT2D eigenvalue weighted by Crippen LogP contribution is 2.14. The van der Waals surface area contributed by atoms with E-state index in [2.05, 4.69) is 17.0 Å². The number of rotatable bonds is 2. The predicted molar refractivity (Wildman–Crippen MR) is 67.8 cm³/mol. The first-order chi connectivity index (χ1) is 6.84. The van der Waals surface area contributed by atoms with E-state index in [1.807, 2.05) is 12.1 Å². The summed E-state index contributed by atoms with van der Waals surface area (Å²) in [5, 5.41) is 0.826. The van der Waals surface area contributed by atoms with Gasteiger partial charge in [0.1, 0.15) is 0 Å². The maximum absolute atomic E-state index is 5.84. The largest absolute Gasteiger partial charge is 0.299 e. The fraction of sp³-hybridized carbons (Fsp3) is 0.500. The Morgan fingerprint density at radius 2 is 1.60 bits per heavy atom. The van der Waals surface area contributed by atoms with Crippen LogP contribution in [0.1, 0.15) is 24.8 Å². The van der Waals surface area contributed by atoms with Crippen molar-refractivity contribution in [3.8, 4) is 0 Å². The summed E-state index contributed by atoms with van der Waals surface area (Å²) in [6.45, 7) is 3.59. The Morgan fingerprint density at radius 1 is 1.00 bits per heavy atom. The molecule has 15 heavy (non-hydrogen) atoms. The molecule has 0 spiro atoms. The maximum atomic E-state index is 5.84. The minimum Gasteiger partial charge on any atom is -0.299 e. The first-order valence-electron chi connectivity index (χ1n) is 5.31. The summed E-state index contributed by atoms with van der Waals surface area (Å²) >= 11 is 5.84. The normalized spacial score (nSPS) is 17.1. The Kier molecular flexibility index (Phi) is 5.44. The van der Waals surface area contributed by atoms with Crippen molar-refractivity contribution in [1.82, 2.24) is 4.90 Å². The van der Waals surface area contributed by atoms with E-state index >= 15 is 0 Å². The van der Waals surface area contributed by atoms with Crippen molar-refractivity contribution in [3.63, 3.8) is 0 Å². The second kappa shape index (κ2) is 6.37. The number of benzene rings is 1. The molecule has 1 fully saturated rings. The van der Waals surface area contributed by atoms with Gasteiger partial charge >= 0.3 is 0 Å². The van der Waals surface area contributed by atoms with Crippen molar-refractivity contribution in [2.24, 2.45) is 0 Å². The summed E-state index contributed by atoms with van der Waals surface area (Å²) in [5.41, 5.74) is 1.37. The number of halogens is 2. The van der Waals surface area contributed by atoms with Gasteiger partial charge in [-0.15, -0.1) is 12.4 Å². The van der Waals surface area contributed by atoms with Crippen molar-refractivity contribution >= 4 is 24.0 Å². The Labute approximate surface area is 103 Å². The van der Waals surface area contributed by atoms with Gasteiger partial charge in [-0.25, -0.2) is 0 Å². The van der Waals surface area contributed by atoms with Crippen molar-refractivity contribution in [2.75, 3.05) is 13.1 Å². The monoisotopic (exact) mass is 245 g/mol. The van der Waals surface area contributed by atoms with Gasteiger partial charge < -0.3 is 0 Å². The molecule has 0 bridgehead atoms. The molecule has 0 amide bonds. The van der Waals surface area contributed by atoms with E-state index in [9.17, 15) is 0 Å². The quantitative estimate of drug-likeness (QED) is 0.768. The molecule has 0 aliphatic carbocycles. The molecule has 0 unspecified atom stereocenters. The van der Waals surface area contributed by atoms with Crippen molar-refractivity contribution in [2.45, 2.75) is 25.8 Å². The summed E-state index contributed by atoms with van der Waals surface area (Å²) in [6, 6.07) is 8.19. The molecule has 1 aliphatic rings. The van der Waals surface area contributed by atoms with E-state index < -0.39 is 0 Å². The zero-order chi connectivity index (χ0) is 9.80. The van der Waals surface area contributed by atoms with Gasteiger partial charge in [-0.2, -0.15) is 0 Å². The van der Waals surface area contributed by atoms with Crippen LogP contribution >= 0.6 is 24.0 Å². The van der Waals surface area contributed by atoms with Gasteiger partial charge in [0.2, 0.25) is 0 Å². The topological polar surface area (TPSA) is 3.24 Å². The Balaban J connectivity index is 0.00000112. The lowest BCUT2D eigenvalue weighted by Gasteiger charge is -2.26. The lowest BCUT2D eigenvalue weighted by molar-refractivity contribution is 0.221. The highest BCUT2D eigenvalue weighted by atomic mass is 35.5. The van der Waals surface area contributed by atoms with Crippen LogP contribution in [-0.2, 0) is 6.54 Å². The third kappa shape index (κ3) is 4.02. The lowest BCUT2D eigenvalue weighted by atomic mass is 10.1. The molecule has 0 radical (unpaired) electrons. The zero-order valence-corrected chi connectivity index (χ0v) is 10.4. The molecule has 0 N–H and O–H groups in total. The summed E-state index contributed by atoms with van der Waals surface area (Å²) < 4.78 is 0. The van der Waals surface area contributed by atoms with Crippen LogP contribution in [0.25, 0.3) is 0 Å². The molecule has 1 nitrogen and oxygen atoms in total. The summed E-state index contributed by atoms with van der Waals surface area (Å²) in [5.74, 6) is 0. The highest BCUT2D eigenvalue weighted by Gasteiger charge is 2.09. The van der Waals surface area contributed by atoms with E-state index in [0.717, 1.165) is 11.6 Å². The zero-order valence-electron chi connectivity index (χ0n) is 8.79. The van der Waals surface area contributed by atoms with Gasteiger partial charge in [0.05, 0.1) is 0 Å².